The van der Waals surface area contributed by atoms with Crippen molar-refractivity contribution in [1.29, 1.82) is 0 Å². The minimum Gasteiger partial charge on any atom is -0.445 e. The predicted molar refractivity (Wildman–Crippen MR) is 85.8 cm³/mol. The van der Waals surface area contributed by atoms with E-state index >= 15 is 0 Å². The number of hydrogen-bond donors (Lipinski definition) is 2. The van der Waals surface area contributed by atoms with Gasteiger partial charge in [-0.25, -0.2) is 4.79 Å². The van der Waals surface area contributed by atoms with Gasteiger partial charge in [0.1, 0.15) is 12.6 Å². The second-order valence-corrected chi connectivity index (χ2v) is 5.56. The number of nitrogens with one attached hydrogen (secondary N) is 2. The molecule has 1 aliphatic rings. The summed E-state index contributed by atoms with van der Waals surface area (Å²) in [5.74, 6) is -0.170. The molecule has 126 valence electrons. The van der Waals surface area contributed by atoms with E-state index in [4.69, 9.17) is 9.47 Å². The predicted octanol–water partition coefficient (Wildman–Crippen LogP) is 1.99. The topological polar surface area (TPSA) is 76.7 Å². The highest BCUT2D eigenvalue weighted by Crippen LogP contribution is 2.07. The van der Waals surface area contributed by atoms with E-state index in [1.165, 1.54) is 0 Å². The van der Waals surface area contributed by atoms with Crippen molar-refractivity contribution < 1.29 is 19.1 Å². The first-order chi connectivity index (χ1) is 11.2. The van der Waals surface area contributed by atoms with E-state index in [-0.39, 0.29) is 18.6 Å². The molecule has 1 fully saturated rings. The zero-order valence-corrected chi connectivity index (χ0v) is 13.4. The fourth-order valence-corrected chi connectivity index (χ4v) is 2.40. The van der Waals surface area contributed by atoms with Crippen LogP contribution >= 0.6 is 0 Å². The summed E-state index contributed by atoms with van der Waals surface area (Å²) in [5.41, 5.74) is 0.905. The lowest BCUT2D eigenvalue weighted by Gasteiger charge is -2.25. The largest absolute Gasteiger partial charge is 0.445 e. The Bertz CT molecular complexity index is 501. The van der Waals surface area contributed by atoms with Gasteiger partial charge in [-0.05, 0) is 24.8 Å². The molecule has 0 aliphatic carbocycles. The number of rotatable bonds is 6. The summed E-state index contributed by atoms with van der Waals surface area (Å²) in [5, 5.41) is 5.58. The normalized spacial score (nSPS) is 16.4. The average Bonchev–Trinajstić information content (AvgIpc) is 2.59. The molecule has 6 heteroatoms. The van der Waals surface area contributed by atoms with Crippen molar-refractivity contribution in [2.75, 3.05) is 13.2 Å². The maximum absolute atomic E-state index is 12.2. The Balaban J connectivity index is 1.76. The molecule has 0 bridgehead atoms. The van der Waals surface area contributed by atoms with Crippen LogP contribution in [0.15, 0.2) is 30.3 Å². The summed E-state index contributed by atoms with van der Waals surface area (Å²) in [6, 6.07) is 8.95. The first kappa shape index (κ1) is 17.3. The van der Waals surface area contributed by atoms with Gasteiger partial charge in [-0.2, -0.15) is 0 Å². The summed E-state index contributed by atoms with van der Waals surface area (Å²) in [4.78, 5) is 24.1. The SMILES string of the molecule is CC[C@H](NC(=O)OCc1ccccc1)C(=O)NC1CCOCC1. The molecule has 1 atom stereocenters. The van der Waals surface area contributed by atoms with E-state index in [2.05, 4.69) is 10.6 Å². The molecule has 0 saturated carbocycles. The van der Waals surface area contributed by atoms with Gasteiger partial charge >= 0.3 is 6.09 Å². The molecule has 1 saturated heterocycles. The Hall–Kier alpha value is -2.08. The number of ether oxygens (including phenoxy) is 2. The van der Waals surface area contributed by atoms with Crippen molar-refractivity contribution >= 4 is 12.0 Å². The quantitative estimate of drug-likeness (QED) is 0.840. The fourth-order valence-electron chi connectivity index (χ4n) is 2.40. The number of benzene rings is 1. The van der Waals surface area contributed by atoms with Crippen LogP contribution in [-0.4, -0.2) is 37.3 Å². The Morgan fingerprint density at radius 1 is 1.26 bits per heavy atom. The smallest absolute Gasteiger partial charge is 0.408 e. The number of carbonyl (C=O) groups excluding carboxylic acids is 2. The first-order valence-electron chi connectivity index (χ1n) is 8.04. The fraction of sp³-hybridized carbons (Fsp3) is 0.529. The van der Waals surface area contributed by atoms with E-state index in [0.717, 1.165) is 18.4 Å². The highest BCUT2D eigenvalue weighted by molar-refractivity contribution is 5.85. The van der Waals surface area contributed by atoms with Crippen molar-refractivity contribution in [1.82, 2.24) is 10.6 Å². The summed E-state index contributed by atoms with van der Waals surface area (Å²) in [7, 11) is 0. The van der Waals surface area contributed by atoms with E-state index in [0.29, 0.717) is 19.6 Å². The van der Waals surface area contributed by atoms with Gasteiger partial charge in [0.25, 0.3) is 0 Å². The molecule has 0 spiro atoms. The number of amides is 2. The number of hydrogen-bond acceptors (Lipinski definition) is 4. The van der Waals surface area contributed by atoms with Crippen LogP contribution in [0.4, 0.5) is 4.79 Å². The maximum Gasteiger partial charge on any atom is 0.408 e. The van der Waals surface area contributed by atoms with Crippen molar-refractivity contribution in [3.05, 3.63) is 35.9 Å². The third-order valence-corrected chi connectivity index (χ3v) is 3.80. The molecule has 1 aromatic carbocycles. The van der Waals surface area contributed by atoms with Gasteiger partial charge in [-0.3, -0.25) is 4.79 Å². The monoisotopic (exact) mass is 320 g/mol. The minimum absolute atomic E-state index is 0.118. The molecule has 1 heterocycles. The molecule has 23 heavy (non-hydrogen) atoms. The molecule has 1 aliphatic heterocycles. The van der Waals surface area contributed by atoms with Crippen LogP contribution in [0.5, 0.6) is 0 Å². The van der Waals surface area contributed by atoms with Gasteiger partial charge in [0.05, 0.1) is 0 Å². The Morgan fingerprint density at radius 3 is 2.61 bits per heavy atom. The Morgan fingerprint density at radius 2 is 1.96 bits per heavy atom. The van der Waals surface area contributed by atoms with Crippen LogP contribution in [-0.2, 0) is 20.9 Å². The van der Waals surface area contributed by atoms with Crippen LogP contribution in [0.1, 0.15) is 31.7 Å². The average molecular weight is 320 g/mol. The third kappa shape index (κ3) is 5.90. The lowest BCUT2D eigenvalue weighted by atomic mass is 10.1. The summed E-state index contributed by atoms with van der Waals surface area (Å²) < 4.78 is 10.4. The molecule has 1 aromatic rings. The van der Waals surface area contributed by atoms with E-state index in [1.54, 1.807) is 0 Å². The van der Waals surface area contributed by atoms with Gasteiger partial charge in [0.15, 0.2) is 0 Å². The first-order valence-corrected chi connectivity index (χ1v) is 8.04. The van der Waals surface area contributed by atoms with E-state index in [1.807, 2.05) is 37.3 Å². The number of carbonyl (C=O) groups is 2. The highest BCUT2D eigenvalue weighted by Gasteiger charge is 2.23. The van der Waals surface area contributed by atoms with Crippen molar-refractivity contribution in [2.24, 2.45) is 0 Å². The summed E-state index contributed by atoms with van der Waals surface area (Å²) >= 11 is 0. The van der Waals surface area contributed by atoms with Crippen molar-refractivity contribution in [3.63, 3.8) is 0 Å². The lowest BCUT2D eigenvalue weighted by Crippen LogP contribution is -2.50. The molecule has 0 unspecified atom stereocenters. The molecule has 0 radical (unpaired) electrons. The van der Waals surface area contributed by atoms with Crippen molar-refractivity contribution in [3.8, 4) is 0 Å². The minimum atomic E-state index is -0.582. The molecule has 6 nitrogen and oxygen atoms in total. The molecule has 2 amide bonds. The van der Waals surface area contributed by atoms with Crippen LogP contribution in [0.2, 0.25) is 0 Å². The lowest BCUT2D eigenvalue weighted by molar-refractivity contribution is -0.124. The van der Waals surface area contributed by atoms with Gasteiger partial charge in [0.2, 0.25) is 5.91 Å². The van der Waals surface area contributed by atoms with Gasteiger partial charge in [-0.15, -0.1) is 0 Å². The van der Waals surface area contributed by atoms with Gasteiger partial charge in [0, 0.05) is 19.3 Å². The van der Waals surface area contributed by atoms with Gasteiger partial charge < -0.3 is 20.1 Å². The molecular formula is C17H24N2O4. The highest BCUT2D eigenvalue weighted by atomic mass is 16.5. The maximum atomic E-state index is 12.2. The van der Waals surface area contributed by atoms with E-state index < -0.39 is 12.1 Å². The zero-order valence-electron chi connectivity index (χ0n) is 13.4. The van der Waals surface area contributed by atoms with E-state index in [9.17, 15) is 9.59 Å². The van der Waals surface area contributed by atoms with Crippen LogP contribution in [0, 0.1) is 0 Å². The molecule has 0 aromatic heterocycles. The zero-order chi connectivity index (χ0) is 16.5. The summed E-state index contributed by atoms with van der Waals surface area (Å²) in [6.45, 7) is 3.36. The standard InChI is InChI=1S/C17H24N2O4/c1-2-15(16(20)18-14-8-10-22-11-9-14)19-17(21)23-12-13-6-4-3-5-7-13/h3-7,14-15H,2,8-12H2,1H3,(H,18,20)(H,19,21)/t15-/m0/s1. The Kier molecular flexibility index (Phi) is 6.87. The third-order valence-electron chi connectivity index (χ3n) is 3.80. The van der Waals surface area contributed by atoms with Crippen LogP contribution < -0.4 is 10.6 Å². The number of alkyl carbamates (subject to hydrolysis) is 1. The van der Waals surface area contributed by atoms with Crippen LogP contribution in [0.25, 0.3) is 0 Å². The summed E-state index contributed by atoms with van der Waals surface area (Å²) in [6.07, 6.45) is 1.54. The van der Waals surface area contributed by atoms with Crippen LogP contribution in [0.3, 0.4) is 0 Å². The molecular weight excluding hydrogens is 296 g/mol. The molecule has 2 N–H and O–H groups in total. The second kappa shape index (κ2) is 9.15. The van der Waals surface area contributed by atoms with Gasteiger partial charge in [-0.1, -0.05) is 37.3 Å². The molecule has 2 rings (SSSR count). The second-order valence-electron chi connectivity index (χ2n) is 5.56. The van der Waals surface area contributed by atoms with Crippen molar-refractivity contribution in [2.45, 2.75) is 44.9 Å². The Labute approximate surface area is 136 Å².